The number of nitrogens with zero attached hydrogens (tertiary/aromatic N) is 2. The van der Waals surface area contributed by atoms with Crippen LogP contribution in [0, 0.1) is 6.92 Å². The summed E-state index contributed by atoms with van der Waals surface area (Å²) in [7, 11) is 0. The molecule has 27 heavy (non-hydrogen) atoms. The van der Waals surface area contributed by atoms with Crippen LogP contribution in [-0.2, 0) is 13.0 Å². The lowest BCUT2D eigenvalue weighted by molar-refractivity contribution is 0.0694. The highest BCUT2D eigenvalue weighted by Crippen LogP contribution is 2.25. The first kappa shape index (κ1) is 19.0. The van der Waals surface area contributed by atoms with Crippen LogP contribution in [0.5, 0.6) is 0 Å². The van der Waals surface area contributed by atoms with Crippen molar-refractivity contribution in [1.82, 2.24) is 15.2 Å². The molecular weight excluding hydrogens is 342 g/mol. The molecule has 0 aliphatic carbocycles. The zero-order valence-corrected chi connectivity index (χ0v) is 16.0. The minimum Gasteiger partial charge on any atom is -0.478 e. The van der Waals surface area contributed by atoms with Crippen LogP contribution in [0.2, 0.25) is 0 Å². The molecule has 1 amide bonds. The molecule has 6 nitrogen and oxygen atoms in total. The van der Waals surface area contributed by atoms with Crippen LogP contribution in [0.1, 0.15) is 51.5 Å². The Morgan fingerprint density at radius 3 is 2.56 bits per heavy atom. The molecule has 1 aromatic carbocycles. The fourth-order valence-electron chi connectivity index (χ4n) is 3.42. The maximum absolute atomic E-state index is 12.5. The number of amides is 1. The number of hydrogen-bond acceptors (Lipinski definition) is 4. The first-order valence-corrected chi connectivity index (χ1v) is 9.09. The molecule has 3 rings (SSSR count). The number of hydrogen-bond donors (Lipinski definition) is 2. The van der Waals surface area contributed by atoms with Gasteiger partial charge in [-0.05, 0) is 50.5 Å². The fourth-order valence-corrected chi connectivity index (χ4v) is 3.42. The Morgan fingerprint density at radius 1 is 1.19 bits per heavy atom. The quantitative estimate of drug-likeness (QED) is 0.849. The number of rotatable bonds is 5. The van der Waals surface area contributed by atoms with E-state index < -0.39 is 5.97 Å². The third-order valence-electron chi connectivity index (χ3n) is 5.22. The van der Waals surface area contributed by atoms with Gasteiger partial charge in [0.05, 0.1) is 11.3 Å². The third kappa shape index (κ3) is 4.17. The molecule has 0 atom stereocenters. The number of nitrogens with one attached hydrogen (secondary N) is 1. The summed E-state index contributed by atoms with van der Waals surface area (Å²) in [5.74, 6) is -1.33. The predicted molar refractivity (Wildman–Crippen MR) is 103 cm³/mol. The Morgan fingerprint density at radius 2 is 1.89 bits per heavy atom. The maximum Gasteiger partial charge on any atom is 0.337 e. The lowest BCUT2D eigenvalue weighted by Crippen LogP contribution is -2.53. The van der Waals surface area contributed by atoms with E-state index in [0.29, 0.717) is 12.2 Å². The topological polar surface area (TPSA) is 82.5 Å². The molecule has 1 aliphatic heterocycles. The van der Waals surface area contributed by atoms with Crippen LogP contribution in [0.15, 0.2) is 36.4 Å². The number of carbonyl (C=O) groups is 2. The Hall–Kier alpha value is -2.73. The van der Waals surface area contributed by atoms with Crippen molar-refractivity contribution in [2.45, 2.75) is 39.3 Å². The van der Waals surface area contributed by atoms with Crippen LogP contribution >= 0.6 is 0 Å². The van der Waals surface area contributed by atoms with Crippen LogP contribution in [0.4, 0.5) is 0 Å². The van der Waals surface area contributed by atoms with Gasteiger partial charge in [-0.2, -0.15) is 0 Å². The lowest BCUT2D eigenvalue weighted by atomic mass is 9.94. The predicted octanol–water partition coefficient (Wildman–Crippen LogP) is 2.65. The number of carbonyl (C=O) groups excluding carboxylic acids is 1. The molecule has 1 aliphatic rings. The van der Waals surface area contributed by atoms with E-state index in [9.17, 15) is 9.59 Å². The molecule has 0 unspecified atom stereocenters. The van der Waals surface area contributed by atoms with Gasteiger partial charge < -0.3 is 10.4 Å². The Kier molecular flexibility index (Phi) is 5.28. The SMILES string of the molecule is Cc1nc(C(=O)NCC(C)(C)N2CCc3ccccc3C2)ccc1C(=O)O. The van der Waals surface area contributed by atoms with Crippen molar-refractivity contribution >= 4 is 11.9 Å². The number of fused-ring (bicyclic) bond motifs is 1. The third-order valence-corrected chi connectivity index (χ3v) is 5.22. The average molecular weight is 367 g/mol. The number of aromatic carboxylic acids is 1. The van der Waals surface area contributed by atoms with Gasteiger partial charge in [-0.15, -0.1) is 0 Å². The zero-order valence-electron chi connectivity index (χ0n) is 16.0. The second kappa shape index (κ2) is 7.48. The molecule has 2 aromatic rings. The molecule has 6 heteroatoms. The van der Waals surface area contributed by atoms with Crippen LogP contribution in [-0.4, -0.2) is 45.5 Å². The van der Waals surface area contributed by atoms with Gasteiger partial charge in [0.25, 0.3) is 5.91 Å². The minimum atomic E-state index is -1.04. The standard InChI is InChI=1S/C21H25N3O3/c1-14-17(20(26)27)8-9-18(23-14)19(25)22-13-21(2,3)24-11-10-15-6-4-5-7-16(15)12-24/h4-9H,10-13H2,1-3H3,(H,22,25)(H,26,27). The molecule has 0 saturated heterocycles. The summed E-state index contributed by atoms with van der Waals surface area (Å²) in [6.07, 6.45) is 1.00. The molecule has 1 aromatic heterocycles. The summed E-state index contributed by atoms with van der Waals surface area (Å²) in [6.45, 7) is 8.12. The van der Waals surface area contributed by atoms with Crippen molar-refractivity contribution in [3.63, 3.8) is 0 Å². The minimum absolute atomic E-state index is 0.110. The highest BCUT2D eigenvalue weighted by Gasteiger charge is 2.30. The summed E-state index contributed by atoms with van der Waals surface area (Å²) >= 11 is 0. The van der Waals surface area contributed by atoms with E-state index in [-0.39, 0.29) is 22.7 Å². The number of carboxylic acid groups (broad SMARTS) is 1. The van der Waals surface area contributed by atoms with Crippen LogP contribution < -0.4 is 5.32 Å². The van der Waals surface area contributed by atoms with Gasteiger partial charge >= 0.3 is 5.97 Å². The normalized spacial score (nSPS) is 14.5. The summed E-state index contributed by atoms with van der Waals surface area (Å²) in [6, 6.07) is 11.3. The molecule has 0 radical (unpaired) electrons. The van der Waals surface area contributed by atoms with Crippen LogP contribution in [0.3, 0.4) is 0 Å². The molecule has 2 heterocycles. The molecule has 0 spiro atoms. The molecule has 2 N–H and O–H groups in total. The Labute approximate surface area is 159 Å². The molecule has 0 saturated carbocycles. The fraction of sp³-hybridized carbons (Fsp3) is 0.381. The smallest absolute Gasteiger partial charge is 0.337 e. The Bertz CT molecular complexity index is 877. The number of benzene rings is 1. The second-order valence-electron chi connectivity index (χ2n) is 7.57. The van der Waals surface area contributed by atoms with E-state index in [2.05, 4.69) is 53.3 Å². The number of aryl methyl sites for hydroxylation is 1. The van der Waals surface area contributed by atoms with Gasteiger partial charge in [0.2, 0.25) is 0 Å². The number of carboxylic acids is 1. The van der Waals surface area contributed by atoms with Gasteiger partial charge in [0, 0.05) is 25.2 Å². The Balaban J connectivity index is 1.64. The summed E-state index contributed by atoms with van der Waals surface area (Å²) in [5.41, 5.74) is 3.20. The summed E-state index contributed by atoms with van der Waals surface area (Å²) in [4.78, 5) is 30.1. The van der Waals surface area contributed by atoms with Crippen LogP contribution in [0.25, 0.3) is 0 Å². The first-order valence-electron chi connectivity index (χ1n) is 9.09. The first-order chi connectivity index (χ1) is 12.8. The highest BCUT2D eigenvalue weighted by atomic mass is 16.4. The van der Waals surface area contributed by atoms with Gasteiger partial charge in [-0.25, -0.2) is 9.78 Å². The van der Waals surface area contributed by atoms with E-state index in [1.807, 2.05) is 0 Å². The average Bonchev–Trinajstić information content (AvgIpc) is 2.65. The maximum atomic E-state index is 12.5. The largest absolute Gasteiger partial charge is 0.478 e. The van der Waals surface area contributed by atoms with Crippen molar-refractivity contribution in [3.8, 4) is 0 Å². The number of aromatic nitrogens is 1. The van der Waals surface area contributed by atoms with Gasteiger partial charge in [0.15, 0.2) is 0 Å². The molecule has 142 valence electrons. The van der Waals surface area contributed by atoms with E-state index in [4.69, 9.17) is 5.11 Å². The summed E-state index contributed by atoms with van der Waals surface area (Å²) in [5, 5.41) is 12.0. The second-order valence-corrected chi connectivity index (χ2v) is 7.57. The summed E-state index contributed by atoms with van der Waals surface area (Å²) < 4.78 is 0. The monoisotopic (exact) mass is 367 g/mol. The van der Waals surface area contributed by atoms with Crippen molar-refractivity contribution < 1.29 is 14.7 Å². The van der Waals surface area contributed by atoms with Crippen molar-refractivity contribution in [2.75, 3.05) is 13.1 Å². The van der Waals surface area contributed by atoms with E-state index in [1.54, 1.807) is 6.92 Å². The van der Waals surface area contributed by atoms with E-state index in [0.717, 1.165) is 19.5 Å². The van der Waals surface area contributed by atoms with Crippen molar-refractivity contribution in [2.24, 2.45) is 0 Å². The van der Waals surface area contributed by atoms with Gasteiger partial charge in [-0.1, -0.05) is 24.3 Å². The molecule has 0 bridgehead atoms. The van der Waals surface area contributed by atoms with E-state index in [1.165, 1.54) is 23.3 Å². The molecular formula is C21H25N3O3. The highest BCUT2D eigenvalue weighted by molar-refractivity contribution is 5.94. The van der Waals surface area contributed by atoms with Crippen molar-refractivity contribution in [1.29, 1.82) is 0 Å². The molecule has 0 fully saturated rings. The van der Waals surface area contributed by atoms with Gasteiger partial charge in [-0.3, -0.25) is 9.69 Å². The van der Waals surface area contributed by atoms with Gasteiger partial charge in [0.1, 0.15) is 5.69 Å². The van der Waals surface area contributed by atoms with Crippen molar-refractivity contribution in [3.05, 3.63) is 64.5 Å². The van der Waals surface area contributed by atoms with E-state index >= 15 is 0 Å². The lowest BCUT2D eigenvalue weighted by Gasteiger charge is -2.41. The number of pyridine rings is 1. The zero-order chi connectivity index (χ0) is 19.6.